The maximum absolute atomic E-state index is 12.1. The Labute approximate surface area is 164 Å². The number of rotatable bonds is 13. The largest absolute Gasteiger partial charge is 0.353 e. The summed E-state index contributed by atoms with van der Waals surface area (Å²) in [5.41, 5.74) is 1.03. The van der Waals surface area contributed by atoms with Crippen LogP contribution in [0.15, 0.2) is 29.2 Å². The van der Waals surface area contributed by atoms with E-state index in [1.165, 1.54) is 25.7 Å². The molecular formula is C21H34O5S. The van der Waals surface area contributed by atoms with Crippen molar-refractivity contribution in [2.45, 2.75) is 82.3 Å². The van der Waals surface area contributed by atoms with Gasteiger partial charge in [0.15, 0.2) is 6.29 Å². The second-order valence-corrected chi connectivity index (χ2v) is 8.85. The molecule has 0 spiro atoms. The number of hydrogen-bond acceptors (Lipinski definition) is 5. The summed E-state index contributed by atoms with van der Waals surface area (Å²) in [5.74, 6) is 0. The third-order valence-electron chi connectivity index (χ3n) is 4.78. The van der Waals surface area contributed by atoms with E-state index in [0.29, 0.717) is 0 Å². The third-order valence-corrected chi connectivity index (χ3v) is 6.10. The molecule has 0 radical (unpaired) electrons. The van der Waals surface area contributed by atoms with Crippen LogP contribution in [-0.4, -0.2) is 34.5 Å². The molecule has 1 atom stereocenters. The molecule has 0 bridgehead atoms. The highest BCUT2D eigenvalue weighted by atomic mass is 32.2. The van der Waals surface area contributed by atoms with Crippen LogP contribution in [0.1, 0.15) is 69.8 Å². The van der Waals surface area contributed by atoms with Crippen molar-refractivity contribution in [3.63, 3.8) is 0 Å². The smallest absolute Gasteiger partial charge is 0.296 e. The Kier molecular flexibility index (Phi) is 10.3. The summed E-state index contributed by atoms with van der Waals surface area (Å²) in [6.45, 7) is 3.80. The molecule has 5 nitrogen and oxygen atoms in total. The van der Waals surface area contributed by atoms with Crippen LogP contribution in [0.25, 0.3) is 0 Å². The SMILES string of the molecule is Cc1ccc(S(=O)(=O)OCCCCCCCCCOC2CCCCO2)cc1. The molecule has 0 saturated carbocycles. The van der Waals surface area contributed by atoms with Gasteiger partial charge in [0.1, 0.15) is 0 Å². The summed E-state index contributed by atoms with van der Waals surface area (Å²) in [5, 5.41) is 0. The predicted octanol–water partition coefficient (Wildman–Crippen LogP) is 4.97. The molecule has 27 heavy (non-hydrogen) atoms. The molecular weight excluding hydrogens is 364 g/mol. The molecule has 1 saturated heterocycles. The van der Waals surface area contributed by atoms with Gasteiger partial charge in [-0.2, -0.15) is 8.42 Å². The Hall–Kier alpha value is -0.950. The fourth-order valence-corrected chi connectivity index (χ4v) is 4.03. The van der Waals surface area contributed by atoms with Crippen molar-refractivity contribution in [3.05, 3.63) is 29.8 Å². The molecule has 0 N–H and O–H groups in total. The highest BCUT2D eigenvalue weighted by Crippen LogP contribution is 2.16. The molecule has 1 heterocycles. The first kappa shape index (κ1) is 22.3. The standard InChI is InChI=1S/C21H34O5S/c1-19-12-14-20(15-13-19)27(22,23)26-18-9-6-4-2-3-5-8-16-24-21-11-7-10-17-25-21/h12-15,21H,2-11,16-18H2,1H3. The van der Waals surface area contributed by atoms with Crippen molar-refractivity contribution in [3.8, 4) is 0 Å². The first-order valence-corrected chi connectivity index (χ1v) is 11.7. The Morgan fingerprint density at radius 3 is 2.19 bits per heavy atom. The summed E-state index contributed by atoms with van der Waals surface area (Å²) in [6.07, 6.45) is 10.9. The molecule has 1 aromatic carbocycles. The second kappa shape index (κ2) is 12.5. The van der Waals surface area contributed by atoms with Crippen molar-refractivity contribution in [2.24, 2.45) is 0 Å². The Bertz CT molecular complexity index is 606. The lowest BCUT2D eigenvalue weighted by Gasteiger charge is -2.22. The van der Waals surface area contributed by atoms with Crippen molar-refractivity contribution < 1.29 is 22.1 Å². The second-order valence-electron chi connectivity index (χ2n) is 7.23. The van der Waals surface area contributed by atoms with Gasteiger partial charge in [-0.15, -0.1) is 0 Å². The Balaban J connectivity index is 1.41. The molecule has 1 fully saturated rings. The number of ether oxygens (including phenoxy) is 2. The minimum atomic E-state index is -3.62. The van der Waals surface area contributed by atoms with Crippen LogP contribution in [0, 0.1) is 6.92 Å². The van der Waals surface area contributed by atoms with E-state index in [1.807, 2.05) is 6.92 Å². The summed E-state index contributed by atoms with van der Waals surface area (Å²) in [4.78, 5) is 0.231. The summed E-state index contributed by atoms with van der Waals surface area (Å²) >= 11 is 0. The minimum absolute atomic E-state index is 0.0231. The van der Waals surface area contributed by atoms with Crippen molar-refractivity contribution in [1.82, 2.24) is 0 Å². The van der Waals surface area contributed by atoms with E-state index in [2.05, 4.69) is 0 Å². The molecule has 6 heteroatoms. The van der Waals surface area contributed by atoms with Gasteiger partial charge in [-0.05, 0) is 51.2 Å². The quantitative estimate of drug-likeness (QED) is 0.347. The van der Waals surface area contributed by atoms with E-state index in [4.69, 9.17) is 13.7 Å². The van der Waals surface area contributed by atoms with Gasteiger partial charge >= 0.3 is 0 Å². The van der Waals surface area contributed by atoms with Gasteiger partial charge in [0.2, 0.25) is 0 Å². The predicted molar refractivity (Wildman–Crippen MR) is 106 cm³/mol. The monoisotopic (exact) mass is 398 g/mol. The van der Waals surface area contributed by atoms with Crippen molar-refractivity contribution in [2.75, 3.05) is 19.8 Å². The fraction of sp³-hybridized carbons (Fsp3) is 0.714. The lowest BCUT2D eigenvalue weighted by molar-refractivity contribution is -0.162. The molecule has 1 unspecified atom stereocenters. The Morgan fingerprint density at radius 1 is 0.926 bits per heavy atom. The van der Waals surface area contributed by atoms with Crippen LogP contribution in [0.3, 0.4) is 0 Å². The van der Waals surface area contributed by atoms with Crippen molar-refractivity contribution in [1.29, 1.82) is 0 Å². The topological polar surface area (TPSA) is 61.8 Å². The van der Waals surface area contributed by atoms with E-state index in [9.17, 15) is 8.42 Å². The van der Waals surface area contributed by atoms with Crippen LogP contribution in [-0.2, 0) is 23.8 Å². The fourth-order valence-electron chi connectivity index (χ4n) is 3.09. The maximum Gasteiger partial charge on any atom is 0.296 e. The van der Waals surface area contributed by atoms with Gasteiger partial charge in [-0.3, -0.25) is 4.18 Å². The number of benzene rings is 1. The average Bonchev–Trinajstić information content (AvgIpc) is 2.67. The van der Waals surface area contributed by atoms with Gasteiger partial charge in [0.25, 0.3) is 10.1 Å². The average molecular weight is 399 g/mol. The van der Waals surface area contributed by atoms with Gasteiger partial charge in [0.05, 0.1) is 11.5 Å². The lowest BCUT2D eigenvalue weighted by atomic mass is 10.1. The van der Waals surface area contributed by atoms with Gasteiger partial charge < -0.3 is 9.47 Å². The summed E-state index contributed by atoms with van der Waals surface area (Å²) in [7, 11) is -3.62. The zero-order valence-corrected chi connectivity index (χ0v) is 17.3. The lowest BCUT2D eigenvalue weighted by Crippen LogP contribution is -2.22. The van der Waals surface area contributed by atoms with Crippen LogP contribution < -0.4 is 0 Å². The number of unbranched alkanes of at least 4 members (excludes halogenated alkanes) is 6. The van der Waals surface area contributed by atoms with E-state index < -0.39 is 10.1 Å². The van der Waals surface area contributed by atoms with E-state index in [1.54, 1.807) is 24.3 Å². The van der Waals surface area contributed by atoms with Crippen LogP contribution in [0.2, 0.25) is 0 Å². The van der Waals surface area contributed by atoms with E-state index in [0.717, 1.165) is 57.3 Å². The first-order chi connectivity index (χ1) is 13.1. The van der Waals surface area contributed by atoms with Crippen LogP contribution >= 0.6 is 0 Å². The Morgan fingerprint density at radius 2 is 1.56 bits per heavy atom. The molecule has 0 aromatic heterocycles. The van der Waals surface area contributed by atoms with Gasteiger partial charge in [0, 0.05) is 13.2 Å². The molecule has 0 aliphatic carbocycles. The van der Waals surface area contributed by atoms with Crippen molar-refractivity contribution >= 4 is 10.1 Å². The maximum atomic E-state index is 12.1. The molecule has 154 valence electrons. The minimum Gasteiger partial charge on any atom is -0.353 e. The van der Waals surface area contributed by atoms with E-state index >= 15 is 0 Å². The van der Waals surface area contributed by atoms with Gasteiger partial charge in [-0.1, -0.05) is 49.8 Å². The summed E-state index contributed by atoms with van der Waals surface area (Å²) < 4.78 is 40.5. The van der Waals surface area contributed by atoms with Gasteiger partial charge in [-0.25, -0.2) is 0 Å². The molecule has 1 aliphatic heterocycles. The molecule has 1 aromatic rings. The van der Waals surface area contributed by atoms with E-state index in [-0.39, 0.29) is 17.8 Å². The highest BCUT2D eigenvalue weighted by molar-refractivity contribution is 7.86. The summed E-state index contributed by atoms with van der Waals surface area (Å²) in [6, 6.07) is 6.75. The van der Waals surface area contributed by atoms with Crippen LogP contribution in [0.5, 0.6) is 0 Å². The molecule has 2 rings (SSSR count). The number of hydrogen-bond donors (Lipinski definition) is 0. The molecule has 1 aliphatic rings. The highest BCUT2D eigenvalue weighted by Gasteiger charge is 2.14. The molecule has 0 amide bonds. The zero-order chi connectivity index (χ0) is 19.4. The normalized spacial score (nSPS) is 17.9. The number of aryl methyl sites for hydroxylation is 1. The zero-order valence-electron chi connectivity index (χ0n) is 16.5. The third kappa shape index (κ3) is 9.19. The van der Waals surface area contributed by atoms with Crippen LogP contribution in [0.4, 0.5) is 0 Å². The first-order valence-electron chi connectivity index (χ1n) is 10.3.